The van der Waals surface area contributed by atoms with Crippen LogP contribution < -0.4 is 15.0 Å². The summed E-state index contributed by atoms with van der Waals surface area (Å²) in [4.78, 5) is 30.2. The number of hydrogen-bond acceptors (Lipinski definition) is 7. The summed E-state index contributed by atoms with van der Waals surface area (Å²) in [5.74, 6) is 1.29. The van der Waals surface area contributed by atoms with Gasteiger partial charge in [0.25, 0.3) is 5.56 Å². The van der Waals surface area contributed by atoms with Crippen molar-refractivity contribution >= 4 is 39.0 Å². The first-order valence-corrected chi connectivity index (χ1v) is 13.6. The highest BCUT2D eigenvalue weighted by Crippen LogP contribution is 2.34. The zero-order chi connectivity index (χ0) is 27.1. The quantitative estimate of drug-likeness (QED) is 0.171. The van der Waals surface area contributed by atoms with Gasteiger partial charge in [-0.1, -0.05) is 41.3 Å². The molecule has 0 N–H and O–H groups in total. The number of halogens is 1. The third-order valence-corrected chi connectivity index (χ3v) is 7.00. The third kappa shape index (κ3) is 6.32. The van der Waals surface area contributed by atoms with Crippen molar-refractivity contribution in [3.05, 3.63) is 74.8 Å². The molecular weight excluding hydrogens is 550 g/mol. The van der Waals surface area contributed by atoms with E-state index in [1.807, 2.05) is 25.1 Å². The molecule has 0 unspecified atom stereocenters. The van der Waals surface area contributed by atoms with E-state index in [9.17, 15) is 9.59 Å². The van der Waals surface area contributed by atoms with Gasteiger partial charge in [0, 0.05) is 16.0 Å². The molecule has 8 nitrogen and oxygen atoms in total. The average molecular weight is 582 g/mol. The highest BCUT2D eigenvalue weighted by atomic mass is 79.9. The lowest BCUT2D eigenvalue weighted by atomic mass is 9.88. The summed E-state index contributed by atoms with van der Waals surface area (Å²) in [5.41, 5.74) is 1.95. The predicted octanol–water partition coefficient (Wildman–Crippen LogP) is 5.77. The van der Waals surface area contributed by atoms with Gasteiger partial charge in [0.15, 0.2) is 18.1 Å². The van der Waals surface area contributed by atoms with Gasteiger partial charge in [-0.15, -0.1) is 6.58 Å². The first-order valence-electron chi connectivity index (χ1n) is 12.8. The standard InChI is InChI=1S/C29H32BrN3O5/c1-4-9-21-14-19(15-25(37-5-2)27(21)38-18-26(34)36-3)17-31-33-28(20-10-7-6-8-11-20)32-24-13-12-22(30)16-23(24)29(33)35/h4,12-17,20H,1,5-11,18H2,2-3H3. The second-order valence-corrected chi connectivity index (χ2v) is 10.0. The van der Waals surface area contributed by atoms with Crippen LogP contribution >= 0.6 is 15.9 Å². The summed E-state index contributed by atoms with van der Waals surface area (Å²) < 4.78 is 18.6. The van der Waals surface area contributed by atoms with Crippen LogP contribution in [0.25, 0.3) is 10.9 Å². The van der Waals surface area contributed by atoms with Crippen molar-refractivity contribution in [3.63, 3.8) is 0 Å². The molecule has 0 atom stereocenters. The molecule has 1 fully saturated rings. The number of nitrogens with zero attached hydrogens (tertiary/aromatic N) is 3. The van der Waals surface area contributed by atoms with Crippen LogP contribution in [0.2, 0.25) is 0 Å². The van der Waals surface area contributed by atoms with Gasteiger partial charge in [0.1, 0.15) is 5.82 Å². The van der Waals surface area contributed by atoms with Gasteiger partial charge in [-0.2, -0.15) is 9.78 Å². The van der Waals surface area contributed by atoms with Gasteiger partial charge in [-0.25, -0.2) is 9.78 Å². The molecule has 0 radical (unpaired) electrons. The number of hydrogen-bond donors (Lipinski definition) is 0. The third-order valence-electron chi connectivity index (χ3n) is 6.51. The molecule has 4 rings (SSSR count). The number of esters is 1. The SMILES string of the molecule is C=CCc1cc(C=Nn2c(C3CCCCC3)nc3ccc(Br)cc3c2=O)cc(OCC)c1OCC(=O)OC. The lowest BCUT2D eigenvalue weighted by Crippen LogP contribution is -2.25. The normalized spacial score (nSPS) is 14.1. The predicted molar refractivity (Wildman–Crippen MR) is 152 cm³/mol. The zero-order valence-corrected chi connectivity index (χ0v) is 23.3. The molecule has 0 aliphatic heterocycles. The minimum Gasteiger partial charge on any atom is -0.490 e. The smallest absolute Gasteiger partial charge is 0.343 e. The summed E-state index contributed by atoms with van der Waals surface area (Å²) in [7, 11) is 1.31. The second kappa shape index (κ2) is 12.9. The van der Waals surface area contributed by atoms with E-state index in [1.54, 1.807) is 24.4 Å². The number of aromatic nitrogens is 2. The number of methoxy groups -OCH3 is 1. The summed E-state index contributed by atoms with van der Waals surface area (Å²) in [5, 5.41) is 5.16. The number of benzene rings is 2. The molecule has 2 aromatic carbocycles. The lowest BCUT2D eigenvalue weighted by molar-refractivity contribution is -0.142. The van der Waals surface area contributed by atoms with Crippen LogP contribution in [0.4, 0.5) is 0 Å². The van der Waals surface area contributed by atoms with Gasteiger partial charge in [-0.05, 0) is 62.1 Å². The van der Waals surface area contributed by atoms with E-state index in [4.69, 9.17) is 19.2 Å². The van der Waals surface area contributed by atoms with E-state index in [1.165, 1.54) is 18.2 Å². The number of carbonyl (C=O) groups excluding carboxylic acids is 1. The topological polar surface area (TPSA) is 92.0 Å². The molecule has 0 bridgehead atoms. The maximum atomic E-state index is 13.6. The fraction of sp³-hybridized carbons (Fsp3) is 0.379. The van der Waals surface area contributed by atoms with Crippen LogP contribution in [0.5, 0.6) is 11.5 Å². The van der Waals surface area contributed by atoms with Gasteiger partial charge in [-0.3, -0.25) is 4.79 Å². The fourth-order valence-corrected chi connectivity index (χ4v) is 5.07. The van der Waals surface area contributed by atoms with Gasteiger partial charge >= 0.3 is 5.97 Å². The van der Waals surface area contributed by atoms with Crippen LogP contribution in [-0.2, 0) is 16.0 Å². The van der Waals surface area contributed by atoms with E-state index in [-0.39, 0.29) is 18.1 Å². The summed E-state index contributed by atoms with van der Waals surface area (Å²) >= 11 is 3.46. The average Bonchev–Trinajstić information content (AvgIpc) is 2.93. The fourth-order valence-electron chi connectivity index (χ4n) is 4.71. The van der Waals surface area contributed by atoms with Crippen molar-refractivity contribution in [1.82, 2.24) is 9.66 Å². The summed E-state index contributed by atoms with van der Waals surface area (Å²) in [6.07, 6.45) is 9.24. The first kappa shape index (κ1) is 27.6. The van der Waals surface area contributed by atoms with Crippen molar-refractivity contribution in [2.45, 2.75) is 51.4 Å². The number of carbonyl (C=O) groups is 1. The largest absolute Gasteiger partial charge is 0.490 e. The minimum atomic E-state index is -0.493. The van der Waals surface area contributed by atoms with Crippen molar-refractivity contribution in [2.75, 3.05) is 20.3 Å². The minimum absolute atomic E-state index is 0.172. The summed E-state index contributed by atoms with van der Waals surface area (Å²) in [6, 6.07) is 9.21. The lowest BCUT2D eigenvalue weighted by Gasteiger charge is -2.22. The Bertz CT molecular complexity index is 1410. The Balaban J connectivity index is 1.80. The van der Waals surface area contributed by atoms with E-state index in [0.717, 1.165) is 35.7 Å². The highest BCUT2D eigenvalue weighted by Gasteiger charge is 2.23. The first-order chi connectivity index (χ1) is 18.4. The van der Waals surface area contributed by atoms with Crippen LogP contribution in [-0.4, -0.2) is 42.2 Å². The van der Waals surface area contributed by atoms with Gasteiger partial charge in [0.05, 0.1) is 30.8 Å². The van der Waals surface area contributed by atoms with E-state index in [0.29, 0.717) is 46.8 Å². The van der Waals surface area contributed by atoms with Crippen molar-refractivity contribution < 1.29 is 19.0 Å². The molecule has 1 saturated carbocycles. The molecule has 0 spiro atoms. The maximum Gasteiger partial charge on any atom is 0.343 e. The van der Waals surface area contributed by atoms with Crippen molar-refractivity contribution in [3.8, 4) is 11.5 Å². The maximum absolute atomic E-state index is 13.6. The molecule has 0 saturated heterocycles. The van der Waals surface area contributed by atoms with Crippen LogP contribution in [0.3, 0.4) is 0 Å². The molecule has 9 heteroatoms. The van der Waals surface area contributed by atoms with Crippen LogP contribution in [0.1, 0.15) is 61.9 Å². The summed E-state index contributed by atoms with van der Waals surface area (Å²) in [6.45, 7) is 5.86. The molecule has 1 aromatic heterocycles. The van der Waals surface area contributed by atoms with Crippen molar-refractivity contribution in [1.29, 1.82) is 0 Å². The Kier molecular flexibility index (Phi) is 9.33. The van der Waals surface area contributed by atoms with E-state index in [2.05, 4.69) is 27.6 Å². The number of allylic oxidation sites excluding steroid dienone is 1. The molecule has 1 aliphatic rings. The number of ether oxygens (including phenoxy) is 3. The molecule has 38 heavy (non-hydrogen) atoms. The number of rotatable bonds is 10. The molecule has 1 heterocycles. The van der Waals surface area contributed by atoms with Crippen LogP contribution in [0.15, 0.2) is 57.4 Å². The molecule has 1 aliphatic carbocycles. The Morgan fingerprint density at radius 2 is 2.00 bits per heavy atom. The molecule has 0 amide bonds. The van der Waals surface area contributed by atoms with Crippen LogP contribution in [0, 0.1) is 0 Å². The monoisotopic (exact) mass is 581 g/mol. The van der Waals surface area contributed by atoms with Gasteiger partial charge < -0.3 is 14.2 Å². The Labute approximate surface area is 230 Å². The molecule has 200 valence electrons. The van der Waals surface area contributed by atoms with Crippen molar-refractivity contribution in [2.24, 2.45) is 5.10 Å². The number of fused-ring (bicyclic) bond motifs is 1. The highest BCUT2D eigenvalue weighted by molar-refractivity contribution is 9.10. The van der Waals surface area contributed by atoms with E-state index < -0.39 is 5.97 Å². The Hall–Kier alpha value is -3.46. The second-order valence-electron chi connectivity index (χ2n) is 9.13. The zero-order valence-electron chi connectivity index (χ0n) is 21.7. The van der Waals surface area contributed by atoms with E-state index >= 15 is 0 Å². The molecule has 3 aromatic rings. The Morgan fingerprint density at radius 3 is 2.71 bits per heavy atom. The van der Waals surface area contributed by atoms with Gasteiger partial charge in [0.2, 0.25) is 0 Å². The molecular formula is C29H32BrN3O5. The Morgan fingerprint density at radius 1 is 1.21 bits per heavy atom.